The third-order valence-corrected chi connectivity index (χ3v) is 9.22. The Hall–Kier alpha value is -2.72. The molecule has 0 aliphatic heterocycles. The van der Waals surface area contributed by atoms with Crippen molar-refractivity contribution in [3.8, 4) is 10.4 Å². The minimum absolute atomic E-state index is 0.00568. The first-order chi connectivity index (χ1) is 15.2. The van der Waals surface area contributed by atoms with Crippen molar-refractivity contribution in [2.75, 3.05) is 6.54 Å². The van der Waals surface area contributed by atoms with Crippen LogP contribution in [-0.2, 0) is 19.6 Å². The number of carbonyl (C=O) groups is 2. The van der Waals surface area contributed by atoms with Crippen molar-refractivity contribution in [2.24, 2.45) is 0 Å². The Labute approximate surface area is 193 Å². The van der Waals surface area contributed by atoms with Crippen LogP contribution in [0.4, 0.5) is 0 Å². The number of hydrogen-bond acceptors (Lipinski definition) is 5. The fourth-order valence-electron chi connectivity index (χ4n) is 3.85. The van der Waals surface area contributed by atoms with Gasteiger partial charge in [-0.15, -0.1) is 11.3 Å². The number of hydrogen-bond donors (Lipinski definition) is 2. The highest BCUT2D eigenvalue weighted by Crippen LogP contribution is 2.57. The van der Waals surface area contributed by atoms with E-state index in [4.69, 9.17) is 11.6 Å². The minimum atomic E-state index is -4.41. The molecule has 0 spiro atoms. The van der Waals surface area contributed by atoms with Crippen molar-refractivity contribution >= 4 is 44.9 Å². The lowest BCUT2D eigenvalue weighted by Gasteiger charge is -2.27. The third kappa shape index (κ3) is 3.93. The number of aliphatic carboxylic acids is 2. The fourth-order valence-corrected chi connectivity index (χ4v) is 7.13. The summed E-state index contributed by atoms with van der Waals surface area (Å²) in [5.74, 6) is -3.45. The van der Waals surface area contributed by atoms with Crippen LogP contribution in [0.2, 0.25) is 5.02 Å². The van der Waals surface area contributed by atoms with E-state index in [1.165, 1.54) is 6.07 Å². The van der Waals surface area contributed by atoms with Crippen molar-refractivity contribution in [3.05, 3.63) is 77.3 Å². The van der Waals surface area contributed by atoms with E-state index in [1.54, 1.807) is 60.7 Å². The highest BCUT2D eigenvalue weighted by molar-refractivity contribution is 7.91. The van der Waals surface area contributed by atoms with Crippen molar-refractivity contribution in [3.63, 3.8) is 0 Å². The summed E-state index contributed by atoms with van der Waals surface area (Å²) < 4.78 is 27.5. The number of carboxylic acid groups (broad SMARTS) is 2. The molecule has 1 aliphatic rings. The zero-order valence-corrected chi connectivity index (χ0v) is 18.9. The Morgan fingerprint density at radius 1 is 1.03 bits per heavy atom. The SMILES string of the molecule is O=C(O)CN([C@@]1(C(=O)O)C[C@@H]1c1ccccc1)S(=O)(=O)c1ccc(-c2ccc(Cl)cc2)s1. The van der Waals surface area contributed by atoms with Crippen LogP contribution in [0.25, 0.3) is 10.4 Å². The van der Waals surface area contributed by atoms with Crippen LogP contribution in [0.3, 0.4) is 0 Å². The highest BCUT2D eigenvalue weighted by Gasteiger charge is 2.68. The van der Waals surface area contributed by atoms with Crippen LogP contribution in [-0.4, -0.2) is 47.0 Å². The Morgan fingerprint density at radius 3 is 2.28 bits per heavy atom. The van der Waals surface area contributed by atoms with Gasteiger partial charge in [-0.05, 0) is 41.8 Å². The summed E-state index contributed by atoms with van der Waals surface area (Å²) in [4.78, 5) is 24.5. The van der Waals surface area contributed by atoms with Crippen LogP contribution in [0, 0.1) is 0 Å². The van der Waals surface area contributed by atoms with E-state index < -0.39 is 40.0 Å². The van der Waals surface area contributed by atoms with E-state index in [2.05, 4.69) is 0 Å². The molecule has 3 aromatic rings. The van der Waals surface area contributed by atoms with Crippen LogP contribution >= 0.6 is 22.9 Å². The standard InChI is InChI=1S/C22H18ClNO6S2/c23-16-8-6-15(7-9-16)18-10-11-20(31-18)32(29,30)24(13-19(25)26)22(21(27)28)12-17(22)14-4-2-1-3-5-14/h1-11,17H,12-13H2,(H,25,26)(H,27,28)/t17-,22+/m1/s1. The Balaban J connectivity index is 1.75. The quantitative estimate of drug-likeness (QED) is 0.489. The normalized spacial score (nSPS) is 20.2. The first-order valence-electron chi connectivity index (χ1n) is 9.55. The summed E-state index contributed by atoms with van der Waals surface area (Å²) in [6, 6.07) is 18.5. The average Bonchev–Trinajstić information content (AvgIpc) is 3.31. The first-order valence-corrected chi connectivity index (χ1v) is 12.2. The molecule has 0 saturated heterocycles. The summed E-state index contributed by atoms with van der Waals surface area (Å²) in [6.45, 7) is -0.952. The Morgan fingerprint density at radius 2 is 1.69 bits per heavy atom. The molecule has 0 bridgehead atoms. The molecule has 2 aromatic carbocycles. The molecule has 166 valence electrons. The maximum atomic E-state index is 13.5. The second-order valence-electron chi connectivity index (χ2n) is 7.43. The number of rotatable bonds is 8. The molecule has 1 saturated carbocycles. The molecule has 1 aromatic heterocycles. The van der Waals surface area contributed by atoms with Gasteiger partial charge < -0.3 is 10.2 Å². The molecular formula is C22H18ClNO6S2. The van der Waals surface area contributed by atoms with E-state index in [1.807, 2.05) is 0 Å². The first kappa shape index (κ1) is 22.5. The van der Waals surface area contributed by atoms with Gasteiger partial charge in [-0.3, -0.25) is 9.59 Å². The zero-order valence-electron chi connectivity index (χ0n) is 16.5. The van der Waals surface area contributed by atoms with Crippen LogP contribution < -0.4 is 0 Å². The number of benzene rings is 2. The number of nitrogens with zero attached hydrogens (tertiary/aromatic N) is 1. The monoisotopic (exact) mass is 491 g/mol. The molecule has 4 rings (SSSR count). The topological polar surface area (TPSA) is 112 Å². The van der Waals surface area contributed by atoms with Crippen LogP contribution in [0.5, 0.6) is 0 Å². The number of halogens is 1. The third-order valence-electron chi connectivity index (χ3n) is 5.48. The van der Waals surface area contributed by atoms with Gasteiger partial charge in [-0.2, -0.15) is 4.31 Å². The molecule has 0 radical (unpaired) electrons. The number of thiophene rings is 1. The summed E-state index contributed by atoms with van der Waals surface area (Å²) in [5.41, 5.74) is -0.469. The van der Waals surface area contributed by atoms with Crippen molar-refractivity contribution in [1.82, 2.24) is 4.31 Å². The average molecular weight is 492 g/mol. The lowest BCUT2D eigenvalue weighted by Crippen LogP contribution is -2.50. The van der Waals surface area contributed by atoms with Crippen LogP contribution in [0.15, 0.2) is 70.9 Å². The van der Waals surface area contributed by atoms with Gasteiger partial charge in [0.2, 0.25) is 0 Å². The van der Waals surface area contributed by atoms with Gasteiger partial charge in [-0.25, -0.2) is 8.42 Å². The Bertz CT molecular complexity index is 1270. The molecule has 0 amide bonds. The second kappa shape index (κ2) is 8.32. The predicted octanol–water partition coefficient (Wildman–Crippen LogP) is 4.15. The largest absolute Gasteiger partial charge is 0.480 e. The lowest BCUT2D eigenvalue weighted by molar-refractivity contribution is -0.145. The van der Waals surface area contributed by atoms with Gasteiger partial charge in [0.05, 0.1) is 0 Å². The molecule has 32 heavy (non-hydrogen) atoms. The van der Waals surface area contributed by atoms with Gasteiger partial charge in [0.1, 0.15) is 16.3 Å². The maximum absolute atomic E-state index is 13.5. The minimum Gasteiger partial charge on any atom is -0.480 e. The molecule has 0 unspecified atom stereocenters. The van der Waals surface area contributed by atoms with Gasteiger partial charge in [0, 0.05) is 15.8 Å². The smallest absolute Gasteiger partial charge is 0.325 e. The summed E-state index contributed by atoms with van der Waals surface area (Å²) in [6.07, 6.45) is -0.00568. The summed E-state index contributed by atoms with van der Waals surface area (Å²) >= 11 is 6.86. The van der Waals surface area contributed by atoms with Gasteiger partial charge >= 0.3 is 11.9 Å². The molecule has 2 N–H and O–H groups in total. The van der Waals surface area contributed by atoms with E-state index >= 15 is 0 Å². The molecule has 10 heteroatoms. The number of carboxylic acids is 2. The molecule has 1 fully saturated rings. The van der Waals surface area contributed by atoms with E-state index in [9.17, 15) is 28.2 Å². The van der Waals surface area contributed by atoms with E-state index in [-0.39, 0.29) is 10.6 Å². The molecule has 7 nitrogen and oxygen atoms in total. The van der Waals surface area contributed by atoms with Gasteiger partial charge in [0.15, 0.2) is 0 Å². The molecular weight excluding hydrogens is 474 g/mol. The van der Waals surface area contributed by atoms with Crippen molar-refractivity contribution in [2.45, 2.75) is 22.1 Å². The Kier molecular flexibility index (Phi) is 5.85. The summed E-state index contributed by atoms with van der Waals surface area (Å²) in [7, 11) is -4.41. The van der Waals surface area contributed by atoms with E-state index in [0.717, 1.165) is 16.9 Å². The fraction of sp³-hybridized carbons (Fsp3) is 0.182. The van der Waals surface area contributed by atoms with Crippen molar-refractivity contribution < 1.29 is 28.2 Å². The van der Waals surface area contributed by atoms with Gasteiger partial charge in [-0.1, -0.05) is 54.1 Å². The molecule has 1 aliphatic carbocycles. The highest BCUT2D eigenvalue weighted by atomic mass is 35.5. The van der Waals surface area contributed by atoms with Gasteiger partial charge in [0.25, 0.3) is 10.0 Å². The lowest BCUT2D eigenvalue weighted by atomic mass is 10.1. The maximum Gasteiger partial charge on any atom is 0.325 e. The van der Waals surface area contributed by atoms with Crippen LogP contribution in [0.1, 0.15) is 17.9 Å². The molecule has 2 atom stereocenters. The molecule has 1 heterocycles. The summed E-state index contributed by atoms with van der Waals surface area (Å²) in [5, 5.41) is 20.0. The van der Waals surface area contributed by atoms with E-state index in [0.29, 0.717) is 19.8 Å². The predicted molar refractivity (Wildman–Crippen MR) is 120 cm³/mol. The van der Waals surface area contributed by atoms with Crippen molar-refractivity contribution in [1.29, 1.82) is 0 Å². The second-order valence-corrected chi connectivity index (χ2v) is 11.0. The number of sulfonamides is 1. The zero-order chi connectivity index (χ0) is 23.1.